The molecule has 3 heteroatoms. The second-order valence-electron chi connectivity index (χ2n) is 7.36. The minimum absolute atomic E-state index is 0.296. The van der Waals surface area contributed by atoms with Gasteiger partial charge in [0.25, 0.3) is 0 Å². The van der Waals surface area contributed by atoms with Gasteiger partial charge in [-0.2, -0.15) is 0 Å². The van der Waals surface area contributed by atoms with E-state index in [2.05, 4.69) is 19.2 Å². The van der Waals surface area contributed by atoms with Crippen LogP contribution in [0.25, 0.3) is 0 Å². The summed E-state index contributed by atoms with van der Waals surface area (Å²) in [7, 11) is 0. The summed E-state index contributed by atoms with van der Waals surface area (Å²) in [5, 5.41) is 5.04. The Morgan fingerprint density at radius 2 is 1.79 bits per heavy atom. The van der Waals surface area contributed by atoms with Gasteiger partial charge in [0.05, 0.1) is 5.54 Å². The van der Waals surface area contributed by atoms with E-state index >= 15 is 0 Å². The molecule has 0 amide bonds. The number of thioether (sulfide) groups is 1. The highest BCUT2D eigenvalue weighted by atomic mass is 32.2. The number of hydrogen-bond acceptors (Lipinski definition) is 3. The number of aliphatic imine (C=N–C) groups is 1. The maximum atomic E-state index is 5.12. The monoisotopic (exact) mass is 280 g/mol. The number of hydrogen-bond donors (Lipinski definition) is 1. The smallest absolute Gasteiger partial charge is 0.157 e. The standard InChI is InChI=1S/C16H28N2S/c1-13-6-10-16(11-7-13)12-19-14(18-16)17-15(2)8-4-3-5-9-15/h13H,3-12H2,1-2H3,(H,17,18). The number of nitrogens with zero attached hydrogens (tertiary/aromatic N) is 1. The fourth-order valence-corrected chi connectivity index (χ4v) is 5.15. The minimum Gasteiger partial charge on any atom is -0.360 e. The van der Waals surface area contributed by atoms with Crippen LogP contribution in [0.4, 0.5) is 0 Å². The third-order valence-corrected chi connectivity index (χ3v) is 6.54. The fraction of sp³-hybridized carbons (Fsp3) is 0.938. The molecule has 0 unspecified atom stereocenters. The maximum Gasteiger partial charge on any atom is 0.157 e. The van der Waals surface area contributed by atoms with Crippen molar-refractivity contribution in [2.45, 2.75) is 82.7 Å². The van der Waals surface area contributed by atoms with Gasteiger partial charge in [0, 0.05) is 11.3 Å². The molecule has 3 aliphatic rings. The number of rotatable bonds is 1. The third-order valence-electron chi connectivity index (χ3n) is 5.39. The Bertz CT molecular complexity index is 350. The van der Waals surface area contributed by atoms with Crippen molar-refractivity contribution in [1.29, 1.82) is 0 Å². The van der Waals surface area contributed by atoms with Gasteiger partial charge in [0.1, 0.15) is 0 Å². The molecule has 108 valence electrons. The first-order valence-corrected chi connectivity index (χ1v) is 9.09. The van der Waals surface area contributed by atoms with E-state index in [0.717, 1.165) is 5.92 Å². The third kappa shape index (κ3) is 3.12. The summed E-state index contributed by atoms with van der Waals surface area (Å²) in [5.74, 6) is 2.14. The average molecular weight is 280 g/mol. The van der Waals surface area contributed by atoms with Crippen LogP contribution in [0, 0.1) is 5.92 Å². The van der Waals surface area contributed by atoms with Gasteiger partial charge in [-0.15, -0.1) is 0 Å². The molecule has 0 radical (unpaired) electrons. The summed E-state index contributed by atoms with van der Waals surface area (Å²) in [6, 6.07) is 0. The Kier molecular flexibility index (Phi) is 3.85. The zero-order valence-electron chi connectivity index (χ0n) is 12.5. The van der Waals surface area contributed by atoms with Crippen molar-refractivity contribution in [2.24, 2.45) is 10.9 Å². The van der Waals surface area contributed by atoms with Crippen LogP contribution in [0.5, 0.6) is 0 Å². The Morgan fingerprint density at radius 3 is 2.47 bits per heavy atom. The molecule has 0 aromatic rings. The van der Waals surface area contributed by atoms with Crippen LogP contribution in [0.15, 0.2) is 4.99 Å². The van der Waals surface area contributed by atoms with E-state index in [4.69, 9.17) is 4.99 Å². The van der Waals surface area contributed by atoms with E-state index in [1.54, 1.807) is 0 Å². The first kappa shape index (κ1) is 13.8. The molecule has 0 atom stereocenters. The lowest BCUT2D eigenvalue weighted by Crippen LogP contribution is -2.46. The molecule has 0 bridgehead atoms. The van der Waals surface area contributed by atoms with Crippen molar-refractivity contribution >= 4 is 16.9 Å². The summed E-state index contributed by atoms with van der Waals surface area (Å²) >= 11 is 1.98. The van der Waals surface area contributed by atoms with E-state index in [1.165, 1.54) is 68.7 Å². The Hall–Kier alpha value is -0.180. The highest BCUT2D eigenvalue weighted by Crippen LogP contribution is 2.42. The summed E-state index contributed by atoms with van der Waals surface area (Å²) in [4.78, 5) is 5.12. The minimum atomic E-state index is 0.296. The van der Waals surface area contributed by atoms with Crippen LogP contribution >= 0.6 is 11.8 Å². The molecule has 1 spiro atoms. The van der Waals surface area contributed by atoms with Crippen molar-refractivity contribution in [3.63, 3.8) is 0 Å². The van der Waals surface area contributed by atoms with Crippen LogP contribution in [0.2, 0.25) is 0 Å². The molecule has 1 N–H and O–H groups in total. The lowest BCUT2D eigenvalue weighted by atomic mass is 9.79. The molecular formula is C16H28N2S. The number of amidine groups is 1. The molecule has 19 heavy (non-hydrogen) atoms. The van der Waals surface area contributed by atoms with E-state index in [0.29, 0.717) is 11.1 Å². The average Bonchev–Trinajstić information content (AvgIpc) is 2.77. The van der Waals surface area contributed by atoms with E-state index in [1.807, 2.05) is 11.8 Å². The quantitative estimate of drug-likeness (QED) is 0.772. The SMILES string of the molecule is CC1CCC2(CC1)CSC(NC1(C)CCCCC1)=N2. The molecular weight excluding hydrogens is 252 g/mol. The van der Waals surface area contributed by atoms with Crippen molar-refractivity contribution < 1.29 is 0 Å². The van der Waals surface area contributed by atoms with E-state index in [-0.39, 0.29) is 0 Å². The predicted octanol–water partition coefficient (Wildman–Crippen LogP) is 4.35. The second-order valence-corrected chi connectivity index (χ2v) is 8.32. The van der Waals surface area contributed by atoms with Crippen LogP contribution in [-0.4, -0.2) is 22.0 Å². The van der Waals surface area contributed by atoms with Gasteiger partial charge in [-0.05, 0) is 51.4 Å². The van der Waals surface area contributed by atoms with Gasteiger partial charge in [-0.1, -0.05) is 37.9 Å². The predicted molar refractivity (Wildman–Crippen MR) is 84.9 cm³/mol. The molecule has 1 heterocycles. The topological polar surface area (TPSA) is 24.4 Å². The highest BCUT2D eigenvalue weighted by Gasteiger charge is 2.39. The number of nitrogens with one attached hydrogen (secondary N) is 1. The molecule has 2 aliphatic carbocycles. The molecule has 2 fully saturated rings. The molecule has 0 aromatic carbocycles. The van der Waals surface area contributed by atoms with Gasteiger partial charge in [0.15, 0.2) is 5.17 Å². The molecule has 2 saturated carbocycles. The van der Waals surface area contributed by atoms with Crippen LogP contribution < -0.4 is 5.32 Å². The van der Waals surface area contributed by atoms with Crippen LogP contribution in [-0.2, 0) is 0 Å². The lowest BCUT2D eigenvalue weighted by Gasteiger charge is -2.35. The van der Waals surface area contributed by atoms with Gasteiger partial charge in [-0.3, -0.25) is 4.99 Å². The summed E-state index contributed by atoms with van der Waals surface area (Å²) < 4.78 is 0. The van der Waals surface area contributed by atoms with Crippen molar-refractivity contribution in [2.75, 3.05) is 5.75 Å². The Labute approximate surface area is 122 Å². The van der Waals surface area contributed by atoms with Crippen LogP contribution in [0.3, 0.4) is 0 Å². The molecule has 1 aliphatic heterocycles. The van der Waals surface area contributed by atoms with E-state index in [9.17, 15) is 0 Å². The molecule has 2 nitrogen and oxygen atoms in total. The van der Waals surface area contributed by atoms with Crippen molar-refractivity contribution in [1.82, 2.24) is 5.32 Å². The largest absolute Gasteiger partial charge is 0.360 e. The molecule has 0 saturated heterocycles. The normalized spacial score (nSPS) is 38.2. The Balaban J connectivity index is 1.63. The Morgan fingerprint density at radius 1 is 1.11 bits per heavy atom. The van der Waals surface area contributed by atoms with Gasteiger partial charge in [-0.25, -0.2) is 0 Å². The summed E-state index contributed by atoms with van der Waals surface area (Å²) in [6.45, 7) is 4.78. The van der Waals surface area contributed by atoms with Gasteiger partial charge < -0.3 is 5.32 Å². The zero-order valence-corrected chi connectivity index (χ0v) is 13.3. The van der Waals surface area contributed by atoms with Crippen molar-refractivity contribution in [3.8, 4) is 0 Å². The highest BCUT2D eigenvalue weighted by molar-refractivity contribution is 8.14. The maximum absolute atomic E-state index is 5.12. The first-order valence-electron chi connectivity index (χ1n) is 8.10. The molecule has 3 rings (SSSR count). The molecule has 0 aromatic heterocycles. The fourth-order valence-electron chi connectivity index (χ4n) is 3.82. The first-order chi connectivity index (χ1) is 9.09. The second kappa shape index (κ2) is 5.31. The van der Waals surface area contributed by atoms with Gasteiger partial charge >= 0.3 is 0 Å². The lowest BCUT2D eigenvalue weighted by molar-refractivity contribution is 0.269. The van der Waals surface area contributed by atoms with Gasteiger partial charge in [0.2, 0.25) is 0 Å². The van der Waals surface area contributed by atoms with E-state index < -0.39 is 0 Å². The zero-order chi connectivity index (χ0) is 13.3. The summed E-state index contributed by atoms with van der Waals surface area (Å²) in [6.07, 6.45) is 12.2. The van der Waals surface area contributed by atoms with Crippen LogP contribution in [0.1, 0.15) is 71.6 Å². The summed E-state index contributed by atoms with van der Waals surface area (Å²) in [5.41, 5.74) is 0.613. The van der Waals surface area contributed by atoms with Crippen molar-refractivity contribution in [3.05, 3.63) is 0 Å².